The van der Waals surface area contributed by atoms with Gasteiger partial charge in [0.2, 0.25) is 0 Å². The molecule has 2 N–H and O–H groups in total. The fraction of sp³-hybridized carbons (Fsp3) is 1.00. The van der Waals surface area contributed by atoms with E-state index < -0.39 is 0 Å². The molecule has 0 amide bonds. The van der Waals surface area contributed by atoms with Crippen LogP contribution in [0.15, 0.2) is 0 Å². The van der Waals surface area contributed by atoms with Gasteiger partial charge in [-0.1, -0.05) is 39.0 Å². The molecule has 0 saturated heterocycles. The van der Waals surface area contributed by atoms with Gasteiger partial charge in [-0.3, -0.25) is 0 Å². The van der Waals surface area contributed by atoms with Gasteiger partial charge in [0.05, 0.1) is 6.61 Å². The molecule has 3 heteroatoms. The van der Waals surface area contributed by atoms with Crippen molar-refractivity contribution in [2.24, 2.45) is 0 Å². The van der Waals surface area contributed by atoms with Crippen molar-refractivity contribution in [1.29, 1.82) is 0 Å². The topological polar surface area (TPSA) is 41.5 Å². The standard InChI is InChI=1S/C13H29NO2/c1-3-4-5-6-7-8-11-16-12-13(14-2)9-10-15/h13-15H,3-12H2,1-2H3. The number of hydrogen-bond donors (Lipinski definition) is 2. The third-order valence-electron chi connectivity index (χ3n) is 2.85. The molecule has 3 nitrogen and oxygen atoms in total. The fourth-order valence-corrected chi connectivity index (χ4v) is 1.68. The minimum absolute atomic E-state index is 0.228. The Hall–Kier alpha value is -0.120. The van der Waals surface area contributed by atoms with Gasteiger partial charge in [-0.25, -0.2) is 0 Å². The molecule has 0 bridgehead atoms. The molecule has 16 heavy (non-hydrogen) atoms. The molecule has 0 aliphatic carbocycles. The monoisotopic (exact) mass is 231 g/mol. The van der Waals surface area contributed by atoms with Gasteiger partial charge < -0.3 is 15.2 Å². The molecule has 0 radical (unpaired) electrons. The molecular weight excluding hydrogens is 202 g/mol. The summed E-state index contributed by atoms with van der Waals surface area (Å²) in [5.74, 6) is 0. The van der Waals surface area contributed by atoms with Crippen molar-refractivity contribution in [3.63, 3.8) is 0 Å². The van der Waals surface area contributed by atoms with Crippen LogP contribution >= 0.6 is 0 Å². The van der Waals surface area contributed by atoms with Gasteiger partial charge in [0.25, 0.3) is 0 Å². The van der Waals surface area contributed by atoms with E-state index in [-0.39, 0.29) is 6.61 Å². The highest BCUT2D eigenvalue weighted by Gasteiger charge is 2.04. The lowest BCUT2D eigenvalue weighted by atomic mass is 10.1. The lowest BCUT2D eigenvalue weighted by molar-refractivity contribution is 0.101. The minimum atomic E-state index is 0.228. The van der Waals surface area contributed by atoms with Crippen molar-refractivity contribution in [3.8, 4) is 0 Å². The van der Waals surface area contributed by atoms with Gasteiger partial charge in [0.1, 0.15) is 0 Å². The second-order valence-corrected chi connectivity index (χ2v) is 4.34. The Kier molecular flexibility index (Phi) is 12.9. The highest BCUT2D eigenvalue weighted by molar-refractivity contribution is 4.62. The predicted molar refractivity (Wildman–Crippen MR) is 68.7 cm³/mol. The highest BCUT2D eigenvalue weighted by Crippen LogP contribution is 2.05. The van der Waals surface area contributed by atoms with Crippen LogP contribution in [0.1, 0.15) is 51.9 Å². The second-order valence-electron chi connectivity index (χ2n) is 4.34. The summed E-state index contributed by atoms with van der Waals surface area (Å²) >= 11 is 0. The first-order valence-corrected chi connectivity index (χ1v) is 6.71. The van der Waals surface area contributed by atoms with Crippen molar-refractivity contribution in [3.05, 3.63) is 0 Å². The highest BCUT2D eigenvalue weighted by atomic mass is 16.5. The molecule has 0 spiro atoms. The van der Waals surface area contributed by atoms with Gasteiger partial charge in [-0.2, -0.15) is 0 Å². The number of nitrogens with one attached hydrogen (secondary N) is 1. The van der Waals surface area contributed by atoms with E-state index in [1.54, 1.807) is 0 Å². The lowest BCUT2D eigenvalue weighted by Crippen LogP contribution is -2.31. The molecule has 0 fully saturated rings. The summed E-state index contributed by atoms with van der Waals surface area (Å²) in [6.07, 6.45) is 8.58. The molecule has 0 heterocycles. The van der Waals surface area contributed by atoms with Gasteiger partial charge in [0, 0.05) is 19.3 Å². The molecule has 0 aromatic heterocycles. The Morgan fingerprint density at radius 3 is 2.44 bits per heavy atom. The lowest BCUT2D eigenvalue weighted by Gasteiger charge is -2.14. The second kappa shape index (κ2) is 12.9. The van der Waals surface area contributed by atoms with Crippen LogP contribution in [0.3, 0.4) is 0 Å². The third kappa shape index (κ3) is 10.4. The van der Waals surface area contributed by atoms with Crippen LogP contribution < -0.4 is 5.32 Å². The van der Waals surface area contributed by atoms with E-state index in [1.165, 1.54) is 38.5 Å². The van der Waals surface area contributed by atoms with Crippen molar-refractivity contribution < 1.29 is 9.84 Å². The van der Waals surface area contributed by atoms with E-state index in [0.29, 0.717) is 12.6 Å². The number of aliphatic hydroxyl groups excluding tert-OH is 1. The quantitative estimate of drug-likeness (QED) is 0.507. The molecular formula is C13H29NO2. The summed E-state index contributed by atoms with van der Waals surface area (Å²) in [5.41, 5.74) is 0. The number of unbranched alkanes of at least 4 members (excludes halogenated alkanes) is 5. The number of aliphatic hydroxyl groups is 1. The van der Waals surface area contributed by atoms with E-state index in [0.717, 1.165) is 13.0 Å². The van der Waals surface area contributed by atoms with Crippen LogP contribution in [0.2, 0.25) is 0 Å². The molecule has 0 aromatic carbocycles. The zero-order valence-electron chi connectivity index (χ0n) is 11.0. The smallest absolute Gasteiger partial charge is 0.0620 e. The molecule has 1 unspecified atom stereocenters. The Balaban J connectivity index is 3.12. The Labute approximate surface area is 101 Å². The van der Waals surface area contributed by atoms with Crippen LogP contribution in [-0.4, -0.2) is 38.0 Å². The summed E-state index contributed by atoms with van der Waals surface area (Å²) in [5, 5.41) is 11.9. The normalized spacial score (nSPS) is 12.9. The van der Waals surface area contributed by atoms with Crippen molar-refractivity contribution in [1.82, 2.24) is 5.32 Å². The van der Waals surface area contributed by atoms with Crippen molar-refractivity contribution >= 4 is 0 Å². The predicted octanol–water partition coefficient (Wildman–Crippen LogP) is 2.33. The van der Waals surface area contributed by atoms with Gasteiger partial charge in [-0.05, 0) is 19.9 Å². The number of hydrogen-bond acceptors (Lipinski definition) is 3. The number of rotatable bonds is 12. The zero-order valence-corrected chi connectivity index (χ0v) is 11.0. The van der Waals surface area contributed by atoms with Crippen LogP contribution in [0.5, 0.6) is 0 Å². The summed E-state index contributed by atoms with van der Waals surface area (Å²) in [6, 6.07) is 0.296. The maximum Gasteiger partial charge on any atom is 0.0620 e. The molecule has 0 aliphatic heterocycles. The fourth-order valence-electron chi connectivity index (χ4n) is 1.68. The van der Waals surface area contributed by atoms with Gasteiger partial charge in [0.15, 0.2) is 0 Å². The van der Waals surface area contributed by atoms with Gasteiger partial charge in [-0.15, -0.1) is 0 Å². The summed E-state index contributed by atoms with van der Waals surface area (Å²) in [6.45, 7) is 4.04. The molecule has 0 aliphatic rings. The Morgan fingerprint density at radius 1 is 1.12 bits per heavy atom. The molecule has 98 valence electrons. The van der Waals surface area contributed by atoms with Crippen LogP contribution in [0, 0.1) is 0 Å². The number of likely N-dealkylation sites (N-methyl/N-ethyl adjacent to an activating group) is 1. The molecule has 0 aromatic rings. The average Bonchev–Trinajstić information content (AvgIpc) is 2.31. The summed E-state index contributed by atoms with van der Waals surface area (Å²) in [4.78, 5) is 0. The van der Waals surface area contributed by atoms with E-state index in [2.05, 4.69) is 12.2 Å². The maximum absolute atomic E-state index is 8.80. The van der Waals surface area contributed by atoms with E-state index in [4.69, 9.17) is 9.84 Å². The first-order chi connectivity index (χ1) is 7.85. The summed E-state index contributed by atoms with van der Waals surface area (Å²) < 4.78 is 5.57. The van der Waals surface area contributed by atoms with Crippen molar-refractivity contribution in [2.75, 3.05) is 26.9 Å². The SMILES string of the molecule is CCCCCCCCOCC(CCO)NC. The molecule has 0 saturated carbocycles. The third-order valence-corrected chi connectivity index (χ3v) is 2.85. The first-order valence-electron chi connectivity index (χ1n) is 6.71. The van der Waals surface area contributed by atoms with Crippen LogP contribution in [-0.2, 0) is 4.74 Å². The van der Waals surface area contributed by atoms with Gasteiger partial charge >= 0.3 is 0 Å². The molecule has 0 rings (SSSR count). The maximum atomic E-state index is 8.80. The first kappa shape index (κ1) is 15.9. The van der Waals surface area contributed by atoms with E-state index in [1.807, 2.05) is 7.05 Å². The van der Waals surface area contributed by atoms with Crippen LogP contribution in [0.25, 0.3) is 0 Å². The zero-order chi connectivity index (χ0) is 12.1. The summed E-state index contributed by atoms with van der Waals surface area (Å²) in [7, 11) is 1.91. The van der Waals surface area contributed by atoms with E-state index in [9.17, 15) is 0 Å². The van der Waals surface area contributed by atoms with Crippen molar-refractivity contribution in [2.45, 2.75) is 57.9 Å². The average molecular weight is 231 g/mol. The Morgan fingerprint density at radius 2 is 1.81 bits per heavy atom. The van der Waals surface area contributed by atoms with E-state index >= 15 is 0 Å². The Bertz CT molecular complexity index is 131. The molecule has 1 atom stereocenters. The largest absolute Gasteiger partial charge is 0.396 e. The minimum Gasteiger partial charge on any atom is -0.396 e. The van der Waals surface area contributed by atoms with Crippen LogP contribution in [0.4, 0.5) is 0 Å². The number of ether oxygens (including phenoxy) is 1.